The molecule has 124 valence electrons. The highest BCUT2D eigenvalue weighted by atomic mass is 16.5. The molecule has 1 saturated heterocycles. The van der Waals surface area contributed by atoms with E-state index >= 15 is 0 Å². The van der Waals surface area contributed by atoms with Crippen LogP contribution in [0.1, 0.15) is 20.7 Å². The summed E-state index contributed by atoms with van der Waals surface area (Å²) in [7, 11) is 0. The summed E-state index contributed by atoms with van der Waals surface area (Å²) in [5.74, 6) is -1.41. The first-order chi connectivity index (χ1) is 11.6. The number of anilines is 2. The van der Waals surface area contributed by atoms with Crippen molar-refractivity contribution in [3.8, 4) is 0 Å². The summed E-state index contributed by atoms with van der Waals surface area (Å²) in [6.45, 7) is 2.67. The van der Waals surface area contributed by atoms with Crippen molar-refractivity contribution in [2.75, 3.05) is 36.5 Å². The largest absolute Gasteiger partial charge is 0.478 e. The molecule has 6 nitrogen and oxygen atoms in total. The fourth-order valence-corrected chi connectivity index (χ4v) is 2.62. The van der Waals surface area contributed by atoms with Crippen LogP contribution in [0.3, 0.4) is 0 Å². The molecule has 0 unspecified atom stereocenters. The van der Waals surface area contributed by atoms with E-state index in [1.165, 1.54) is 0 Å². The van der Waals surface area contributed by atoms with Crippen molar-refractivity contribution in [1.82, 2.24) is 0 Å². The van der Waals surface area contributed by atoms with Gasteiger partial charge in [0.1, 0.15) is 0 Å². The summed E-state index contributed by atoms with van der Waals surface area (Å²) in [6, 6.07) is 13.7. The number of nitrogens with zero attached hydrogens (tertiary/aromatic N) is 1. The average Bonchev–Trinajstić information content (AvgIpc) is 2.63. The van der Waals surface area contributed by atoms with Crippen molar-refractivity contribution < 1.29 is 19.4 Å². The van der Waals surface area contributed by atoms with Crippen molar-refractivity contribution in [2.45, 2.75) is 0 Å². The zero-order valence-corrected chi connectivity index (χ0v) is 13.1. The summed E-state index contributed by atoms with van der Waals surface area (Å²) in [5.41, 5.74) is 1.65. The van der Waals surface area contributed by atoms with E-state index in [1.54, 1.807) is 36.4 Å². The van der Waals surface area contributed by atoms with Gasteiger partial charge < -0.3 is 20.1 Å². The highest BCUT2D eigenvalue weighted by Gasteiger charge is 2.18. The van der Waals surface area contributed by atoms with Crippen LogP contribution in [0.5, 0.6) is 0 Å². The summed E-state index contributed by atoms with van der Waals surface area (Å²) < 4.78 is 5.31. The van der Waals surface area contributed by atoms with Crippen LogP contribution in [-0.2, 0) is 4.74 Å². The molecule has 2 aromatic rings. The zero-order valence-electron chi connectivity index (χ0n) is 13.1. The fourth-order valence-electron chi connectivity index (χ4n) is 2.62. The van der Waals surface area contributed by atoms with Crippen LogP contribution in [0, 0.1) is 0 Å². The lowest BCUT2D eigenvalue weighted by atomic mass is 10.1. The number of hydrogen-bond acceptors (Lipinski definition) is 4. The number of carbonyl (C=O) groups excluding carboxylic acids is 1. The maximum Gasteiger partial charge on any atom is 0.337 e. The highest BCUT2D eigenvalue weighted by molar-refractivity contribution is 6.08. The van der Waals surface area contributed by atoms with Gasteiger partial charge in [0.2, 0.25) is 0 Å². The predicted molar refractivity (Wildman–Crippen MR) is 90.8 cm³/mol. The second-order valence-electron chi connectivity index (χ2n) is 5.45. The minimum absolute atomic E-state index is 0.0725. The van der Waals surface area contributed by atoms with Gasteiger partial charge in [-0.05, 0) is 30.3 Å². The van der Waals surface area contributed by atoms with Crippen LogP contribution < -0.4 is 10.2 Å². The Morgan fingerprint density at radius 3 is 2.42 bits per heavy atom. The summed E-state index contributed by atoms with van der Waals surface area (Å²) in [6.07, 6.45) is 0. The molecule has 3 rings (SSSR count). The van der Waals surface area contributed by atoms with Crippen molar-refractivity contribution >= 4 is 23.3 Å². The lowest BCUT2D eigenvalue weighted by molar-refractivity contribution is 0.0698. The number of rotatable bonds is 4. The Hall–Kier alpha value is -2.86. The molecule has 24 heavy (non-hydrogen) atoms. The van der Waals surface area contributed by atoms with Crippen LogP contribution in [-0.4, -0.2) is 43.3 Å². The van der Waals surface area contributed by atoms with Gasteiger partial charge in [0.05, 0.1) is 24.5 Å². The van der Waals surface area contributed by atoms with E-state index in [9.17, 15) is 14.7 Å². The number of morpholine rings is 1. The highest BCUT2D eigenvalue weighted by Crippen LogP contribution is 2.25. The van der Waals surface area contributed by atoms with Gasteiger partial charge in [-0.2, -0.15) is 0 Å². The lowest BCUT2D eigenvalue weighted by Crippen LogP contribution is -2.36. The molecule has 0 radical (unpaired) electrons. The number of carbonyl (C=O) groups is 2. The van der Waals surface area contributed by atoms with Crippen LogP contribution in [0.2, 0.25) is 0 Å². The molecule has 0 aromatic heterocycles. The maximum atomic E-state index is 12.2. The molecular weight excluding hydrogens is 308 g/mol. The molecule has 1 amide bonds. The molecular formula is C18H18N2O4. The van der Waals surface area contributed by atoms with E-state index in [4.69, 9.17) is 4.74 Å². The number of ether oxygens (including phenoxy) is 1. The topological polar surface area (TPSA) is 78.9 Å². The normalized spacial score (nSPS) is 14.2. The van der Waals surface area contributed by atoms with Crippen molar-refractivity contribution in [3.05, 3.63) is 59.7 Å². The number of nitrogens with one attached hydrogen (secondary N) is 1. The van der Waals surface area contributed by atoms with Gasteiger partial charge in [0, 0.05) is 24.3 Å². The Balaban J connectivity index is 1.85. The average molecular weight is 326 g/mol. The first kappa shape index (κ1) is 16.0. The Kier molecular flexibility index (Phi) is 4.77. The zero-order chi connectivity index (χ0) is 16.9. The van der Waals surface area contributed by atoms with Gasteiger partial charge >= 0.3 is 5.97 Å². The monoisotopic (exact) mass is 326 g/mol. The quantitative estimate of drug-likeness (QED) is 0.902. The number of benzene rings is 2. The van der Waals surface area contributed by atoms with Crippen LogP contribution in [0.4, 0.5) is 11.4 Å². The summed E-state index contributed by atoms with van der Waals surface area (Å²) >= 11 is 0. The molecule has 0 aliphatic carbocycles. The summed E-state index contributed by atoms with van der Waals surface area (Å²) in [5, 5.41) is 12.2. The number of amides is 1. The third kappa shape index (κ3) is 3.55. The molecule has 1 fully saturated rings. The minimum atomic E-state index is -1.08. The number of carboxylic acid groups (broad SMARTS) is 1. The molecule has 2 N–H and O–H groups in total. The SMILES string of the molecule is O=C(Nc1ccc(N2CCOCC2)cc1C(=O)O)c1ccccc1. The Bertz CT molecular complexity index is 740. The van der Waals surface area contributed by atoms with Crippen LogP contribution >= 0.6 is 0 Å². The molecule has 1 aliphatic rings. The van der Waals surface area contributed by atoms with Crippen molar-refractivity contribution in [2.24, 2.45) is 0 Å². The molecule has 6 heteroatoms. The van der Waals surface area contributed by atoms with E-state index in [0.717, 1.165) is 18.8 Å². The Labute approximate surface area is 139 Å². The van der Waals surface area contributed by atoms with Gasteiger partial charge in [0.15, 0.2) is 0 Å². The molecule has 0 spiro atoms. The molecule has 2 aromatic carbocycles. The smallest absolute Gasteiger partial charge is 0.337 e. The third-order valence-corrected chi connectivity index (χ3v) is 3.89. The van der Waals surface area contributed by atoms with E-state index in [-0.39, 0.29) is 17.2 Å². The van der Waals surface area contributed by atoms with Gasteiger partial charge in [-0.3, -0.25) is 4.79 Å². The Morgan fingerprint density at radius 2 is 1.75 bits per heavy atom. The molecule has 0 atom stereocenters. The summed E-state index contributed by atoms with van der Waals surface area (Å²) in [4.78, 5) is 25.9. The van der Waals surface area contributed by atoms with Gasteiger partial charge in [-0.1, -0.05) is 18.2 Å². The van der Waals surface area contributed by atoms with E-state index < -0.39 is 5.97 Å². The number of aromatic carboxylic acids is 1. The molecule has 0 saturated carbocycles. The standard InChI is InChI=1S/C18H18N2O4/c21-17(13-4-2-1-3-5-13)19-16-7-6-14(12-15(16)18(22)23)20-8-10-24-11-9-20/h1-7,12H,8-11H2,(H,19,21)(H,22,23). The third-order valence-electron chi connectivity index (χ3n) is 3.89. The first-order valence-electron chi connectivity index (χ1n) is 7.71. The molecule has 1 heterocycles. The van der Waals surface area contributed by atoms with Crippen LogP contribution in [0.15, 0.2) is 48.5 Å². The first-order valence-corrected chi connectivity index (χ1v) is 7.71. The van der Waals surface area contributed by atoms with E-state index in [2.05, 4.69) is 10.2 Å². The lowest BCUT2D eigenvalue weighted by Gasteiger charge is -2.29. The second kappa shape index (κ2) is 7.14. The predicted octanol–water partition coefficient (Wildman–Crippen LogP) is 2.47. The van der Waals surface area contributed by atoms with E-state index in [1.807, 2.05) is 12.1 Å². The number of hydrogen-bond donors (Lipinski definition) is 2. The second-order valence-corrected chi connectivity index (χ2v) is 5.45. The minimum Gasteiger partial charge on any atom is -0.478 e. The molecule has 0 bridgehead atoms. The fraction of sp³-hybridized carbons (Fsp3) is 0.222. The van der Waals surface area contributed by atoms with Gasteiger partial charge in [-0.15, -0.1) is 0 Å². The van der Waals surface area contributed by atoms with Crippen molar-refractivity contribution in [1.29, 1.82) is 0 Å². The Morgan fingerprint density at radius 1 is 1.04 bits per heavy atom. The van der Waals surface area contributed by atoms with Crippen LogP contribution in [0.25, 0.3) is 0 Å². The van der Waals surface area contributed by atoms with E-state index in [0.29, 0.717) is 18.8 Å². The van der Waals surface area contributed by atoms with Gasteiger partial charge in [-0.25, -0.2) is 4.79 Å². The molecule has 1 aliphatic heterocycles. The number of carboxylic acids is 1. The van der Waals surface area contributed by atoms with Crippen molar-refractivity contribution in [3.63, 3.8) is 0 Å². The van der Waals surface area contributed by atoms with Gasteiger partial charge in [0.25, 0.3) is 5.91 Å². The maximum absolute atomic E-state index is 12.2.